The predicted molar refractivity (Wildman–Crippen MR) is 79.6 cm³/mol. The molecule has 5 nitrogen and oxygen atoms in total. The summed E-state index contributed by atoms with van der Waals surface area (Å²) >= 11 is 0. The Morgan fingerprint density at radius 3 is 2.86 bits per heavy atom. The lowest BCUT2D eigenvalue weighted by Gasteiger charge is -2.25. The number of amides is 1. The molecule has 0 radical (unpaired) electrons. The van der Waals surface area contributed by atoms with Crippen molar-refractivity contribution < 1.29 is 14.3 Å². The van der Waals surface area contributed by atoms with E-state index in [-0.39, 0.29) is 18.0 Å². The molecular weight excluding hydrogens is 268 g/mol. The van der Waals surface area contributed by atoms with E-state index in [1.165, 1.54) is 0 Å². The van der Waals surface area contributed by atoms with Gasteiger partial charge < -0.3 is 20.1 Å². The molecule has 1 unspecified atom stereocenters. The molecule has 0 aliphatic carbocycles. The number of hydrogen-bond donors (Lipinski definition) is 2. The fourth-order valence-corrected chi connectivity index (χ4v) is 2.80. The molecule has 1 fully saturated rings. The Morgan fingerprint density at radius 1 is 1.29 bits per heavy atom. The average Bonchev–Trinajstić information content (AvgIpc) is 2.55. The Balaban J connectivity index is 1.64. The van der Waals surface area contributed by atoms with Crippen LogP contribution in [0.25, 0.3) is 0 Å². The molecule has 3 rings (SSSR count). The molecular formula is C16H22N2O3. The van der Waals surface area contributed by atoms with Crippen molar-refractivity contribution in [3.63, 3.8) is 0 Å². The number of piperidine rings is 1. The molecule has 1 aromatic rings. The highest BCUT2D eigenvalue weighted by atomic mass is 16.6. The molecule has 0 spiro atoms. The molecule has 114 valence electrons. The lowest BCUT2D eigenvalue weighted by Crippen LogP contribution is -2.47. The second kappa shape index (κ2) is 6.35. The number of nitrogens with one attached hydrogen (secondary N) is 2. The van der Waals surface area contributed by atoms with Gasteiger partial charge in [0, 0.05) is 0 Å². The summed E-state index contributed by atoms with van der Waals surface area (Å²) < 4.78 is 11.1. The molecule has 21 heavy (non-hydrogen) atoms. The van der Waals surface area contributed by atoms with Crippen LogP contribution in [0.1, 0.15) is 37.8 Å². The van der Waals surface area contributed by atoms with Gasteiger partial charge in [-0.25, -0.2) is 0 Å². The lowest BCUT2D eigenvalue weighted by atomic mass is 10.0. The summed E-state index contributed by atoms with van der Waals surface area (Å²) in [6.45, 7) is 4.08. The second-order valence-corrected chi connectivity index (χ2v) is 5.64. The van der Waals surface area contributed by atoms with E-state index >= 15 is 0 Å². The first kappa shape index (κ1) is 14.2. The molecule has 5 heteroatoms. The van der Waals surface area contributed by atoms with E-state index in [2.05, 4.69) is 10.6 Å². The third-order valence-corrected chi connectivity index (χ3v) is 4.05. The maximum Gasteiger partial charge on any atom is 0.237 e. The molecule has 0 saturated carbocycles. The molecule has 2 aliphatic heterocycles. The minimum absolute atomic E-state index is 0.0444. The second-order valence-electron chi connectivity index (χ2n) is 5.64. The summed E-state index contributed by atoms with van der Waals surface area (Å²) in [4.78, 5) is 12.2. The van der Waals surface area contributed by atoms with E-state index in [1.54, 1.807) is 0 Å². The predicted octanol–water partition coefficient (Wildman–Crippen LogP) is 1.78. The minimum atomic E-state index is -0.0570. The smallest absolute Gasteiger partial charge is 0.237 e. The first-order valence-corrected chi connectivity index (χ1v) is 7.67. The third kappa shape index (κ3) is 3.29. The maximum atomic E-state index is 12.2. The maximum absolute atomic E-state index is 12.2. The van der Waals surface area contributed by atoms with Crippen LogP contribution in [0.4, 0.5) is 0 Å². The van der Waals surface area contributed by atoms with Gasteiger partial charge >= 0.3 is 0 Å². The fourth-order valence-electron chi connectivity index (χ4n) is 2.80. The first-order chi connectivity index (χ1) is 10.2. The van der Waals surface area contributed by atoms with Crippen LogP contribution < -0.4 is 20.1 Å². The Labute approximate surface area is 125 Å². The molecule has 2 atom stereocenters. The van der Waals surface area contributed by atoms with Crippen molar-refractivity contribution in [2.24, 2.45) is 0 Å². The van der Waals surface area contributed by atoms with Crippen LogP contribution in [0.15, 0.2) is 18.2 Å². The van der Waals surface area contributed by atoms with Gasteiger partial charge in [0.25, 0.3) is 0 Å². The van der Waals surface area contributed by atoms with Gasteiger partial charge in [-0.3, -0.25) is 4.79 Å². The number of ether oxygens (including phenoxy) is 2. The number of carbonyl (C=O) groups excluding carboxylic acids is 1. The zero-order valence-electron chi connectivity index (χ0n) is 12.4. The standard InChI is InChI=1S/C16H22N2O3/c1-11(18-16(19)13-4-2-3-7-17-13)12-5-6-14-15(10-12)21-9-8-20-14/h5-6,10-11,13,17H,2-4,7-9H2,1H3,(H,18,19)/t11?,13-/m0/s1. The van der Waals surface area contributed by atoms with Gasteiger partial charge in [0.2, 0.25) is 5.91 Å². The lowest BCUT2D eigenvalue weighted by molar-refractivity contribution is -0.124. The monoisotopic (exact) mass is 290 g/mol. The molecule has 1 aromatic carbocycles. The van der Waals surface area contributed by atoms with E-state index in [9.17, 15) is 4.79 Å². The summed E-state index contributed by atoms with van der Waals surface area (Å²) in [7, 11) is 0. The summed E-state index contributed by atoms with van der Waals surface area (Å²) in [5, 5.41) is 6.34. The van der Waals surface area contributed by atoms with Crippen molar-refractivity contribution in [1.29, 1.82) is 0 Å². The van der Waals surface area contributed by atoms with Crippen molar-refractivity contribution in [3.8, 4) is 11.5 Å². The first-order valence-electron chi connectivity index (χ1n) is 7.67. The number of carbonyl (C=O) groups is 1. The summed E-state index contributed by atoms with van der Waals surface area (Å²) in [6.07, 6.45) is 3.19. The van der Waals surface area contributed by atoms with Gasteiger partial charge in [0.1, 0.15) is 13.2 Å². The highest BCUT2D eigenvalue weighted by Crippen LogP contribution is 2.32. The van der Waals surface area contributed by atoms with Crippen LogP contribution in [0, 0.1) is 0 Å². The molecule has 1 amide bonds. The van der Waals surface area contributed by atoms with Crippen LogP contribution in [-0.4, -0.2) is 31.7 Å². The van der Waals surface area contributed by atoms with Crippen molar-refractivity contribution in [1.82, 2.24) is 10.6 Å². The Kier molecular flexibility index (Phi) is 4.29. The van der Waals surface area contributed by atoms with E-state index in [4.69, 9.17) is 9.47 Å². The van der Waals surface area contributed by atoms with Crippen LogP contribution in [0.2, 0.25) is 0 Å². The Bertz CT molecular complexity index is 512. The zero-order valence-corrected chi connectivity index (χ0v) is 12.4. The van der Waals surface area contributed by atoms with Crippen LogP contribution >= 0.6 is 0 Å². The Morgan fingerprint density at radius 2 is 2.10 bits per heavy atom. The third-order valence-electron chi connectivity index (χ3n) is 4.05. The normalized spacial score (nSPS) is 22.4. The van der Waals surface area contributed by atoms with Crippen LogP contribution in [0.5, 0.6) is 11.5 Å². The number of hydrogen-bond acceptors (Lipinski definition) is 4. The molecule has 0 bridgehead atoms. The van der Waals surface area contributed by atoms with Crippen molar-refractivity contribution in [2.45, 2.75) is 38.3 Å². The van der Waals surface area contributed by atoms with Gasteiger partial charge in [-0.2, -0.15) is 0 Å². The zero-order chi connectivity index (χ0) is 14.7. The molecule has 1 saturated heterocycles. The highest BCUT2D eigenvalue weighted by molar-refractivity contribution is 5.82. The van der Waals surface area contributed by atoms with Gasteiger partial charge in [-0.1, -0.05) is 12.5 Å². The van der Waals surface area contributed by atoms with E-state index in [0.717, 1.165) is 42.9 Å². The topological polar surface area (TPSA) is 59.6 Å². The van der Waals surface area contributed by atoms with Gasteiger partial charge in [-0.15, -0.1) is 0 Å². The van der Waals surface area contributed by atoms with Gasteiger partial charge in [0.15, 0.2) is 11.5 Å². The fraction of sp³-hybridized carbons (Fsp3) is 0.562. The van der Waals surface area contributed by atoms with E-state index in [0.29, 0.717) is 13.2 Å². The summed E-state index contributed by atoms with van der Waals surface area (Å²) in [6, 6.07) is 5.74. The number of fused-ring (bicyclic) bond motifs is 1. The molecule has 0 aromatic heterocycles. The average molecular weight is 290 g/mol. The molecule has 2 N–H and O–H groups in total. The minimum Gasteiger partial charge on any atom is -0.486 e. The molecule has 2 heterocycles. The molecule has 2 aliphatic rings. The van der Waals surface area contributed by atoms with Crippen LogP contribution in [-0.2, 0) is 4.79 Å². The van der Waals surface area contributed by atoms with Crippen molar-refractivity contribution >= 4 is 5.91 Å². The summed E-state index contributed by atoms with van der Waals surface area (Å²) in [5.41, 5.74) is 1.03. The largest absolute Gasteiger partial charge is 0.486 e. The summed E-state index contributed by atoms with van der Waals surface area (Å²) in [5.74, 6) is 1.62. The van der Waals surface area contributed by atoms with E-state index in [1.807, 2.05) is 25.1 Å². The van der Waals surface area contributed by atoms with Crippen LogP contribution in [0.3, 0.4) is 0 Å². The number of rotatable bonds is 3. The van der Waals surface area contributed by atoms with E-state index < -0.39 is 0 Å². The van der Waals surface area contributed by atoms with Gasteiger partial charge in [0.05, 0.1) is 12.1 Å². The number of benzene rings is 1. The van der Waals surface area contributed by atoms with Crippen molar-refractivity contribution in [3.05, 3.63) is 23.8 Å². The van der Waals surface area contributed by atoms with Gasteiger partial charge in [-0.05, 0) is 44.0 Å². The highest BCUT2D eigenvalue weighted by Gasteiger charge is 2.22. The quantitative estimate of drug-likeness (QED) is 0.891. The SMILES string of the molecule is CC(NC(=O)[C@@H]1CCCCN1)c1ccc2c(c1)OCCO2. The Hall–Kier alpha value is -1.75. The van der Waals surface area contributed by atoms with Crippen molar-refractivity contribution in [2.75, 3.05) is 19.8 Å².